The standard InChI is InChI=1S/C17H18N2O2S/c1-11-7-8-12(2)15(9-11)18-17(22)19-16(20)13-5-4-6-14(10-13)21-3/h4-10H,1-3H3,(H2,18,19,20,22). The first-order chi connectivity index (χ1) is 10.5. The minimum absolute atomic E-state index is 0.265. The van der Waals surface area contributed by atoms with Crippen molar-refractivity contribution < 1.29 is 9.53 Å². The van der Waals surface area contributed by atoms with Gasteiger partial charge in [-0.3, -0.25) is 10.1 Å². The first-order valence-corrected chi connectivity index (χ1v) is 7.24. The largest absolute Gasteiger partial charge is 0.497 e. The molecule has 4 nitrogen and oxygen atoms in total. The van der Waals surface area contributed by atoms with Crippen LogP contribution in [0.1, 0.15) is 21.5 Å². The molecule has 0 spiro atoms. The summed E-state index contributed by atoms with van der Waals surface area (Å²) in [7, 11) is 1.56. The molecule has 2 N–H and O–H groups in total. The Kier molecular flexibility index (Phi) is 5.12. The minimum atomic E-state index is -0.276. The predicted molar refractivity (Wildman–Crippen MR) is 92.6 cm³/mol. The molecule has 0 aromatic heterocycles. The van der Waals surface area contributed by atoms with Crippen molar-refractivity contribution in [1.29, 1.82) is 0 Å². The van der Waals surface area contributed by atoms with Gasteiger partial charge < -0.3 is 10.1 Å². The fourth-order valence-corrected chi connectivity index (χ4v) is 2.17. The summed E-state index contributed by atoms with van der Waals surface area (Å²) in [6.45, 7) is 3.98. The van der Waals surface area contributed by atoms with Crippen molar-refractivity contribution in [2.45, 2.75) is 13.8 Å². The second-order valence-corrected chi connectivity index (χ2v) is 5.37. The van der Waals surface area contributed by atoms with Crippen LogP contribution in [0.3, 0.4) is 0 Å². The molecule has 0 unspecified atom stereocenters. The predicted octanol–water partition coefficient (Wildman–Crippen LogP) is 3.44. The van der Waals surface area contributed by atoms with Crippen LogP contribution in [0.15, 0.2) is 42.5 Å². The summed E-state index contributed by atoms with van der Waals surface area (Å²) in [4.78, 5) is 12.2. The third-order valence-electron chi connectivity index (χ3n) is 3.20. The molecule has 22 heavy (non-hydrogen) atoms. The highest BCUT2D eigenvalue weighted by Gasteiger charge is 2.09. The number of anilines is 1. The molecule has 0 radical (unpaired) electrons. The Morgan fingerprint density at radius 3 is 2.64 bits per heavy atom. The summed E-state index contributed by atoms with van der Waals surface area (Å²) in [6.07, 6.45) is 0. The normalized spacial score (nSPS) is 9.95. The number of hydrogen-bond acceptors (Lipinski definition) is 3. The van der Waals surface area contributed by atoms with Crippen LogP contribution in [0.2, 0.25) is 0 Å². The summed E-state index contributed by atoms with van der Waals surface area (Å²) in [5, 5.41) is 5.98. The molecule has 0 aliphatic rings. The number of ether oxygens (including phenoxy) is 1. The van der Waals surface area contributed by atoms with E-state index in [4.69, 9.17) is 17.0 Å². The summed E-state index contributed by atoms with van der Waals surface area (Å²) in [5.41, 5.74) is 3.55. The highest BCUT2D eigenvalue weighted by Crippen LogP contribution is 2.16. The topological polar surface area (TPSA) is 50.4 Å². The lowest BCUT2D eigenvalue weighted by molar-refractivity contribution is 0.0977. The number of benzene rings is 2. The van der Waals surface area contributed by atoms with E-state index in [1.807, 2.05) is 32.0 Å². The molecule has 0 saturated heterocycles. The van der Waals surface area contributed by atoms with Gasteiger partial charge in [0.2, 0.25) is 0 Å². The van der Waals surface area contributed by atoms with Crippen molar-refractivity contribution in [3.8, 4) is 5.75 Å². The molecule has 0 heterocycles. The lowest BCUT2D eigenvalue weighted by Crippen LogP contribution is -2.34. The van der Waals surface area contributed by atoms with Gasteiger partial charge in [0, 0.05) is 11.3 Å². The molecule has 0 fully saturated rings. The van der Waals surface area contributed by atoms with E-state index in [0.717, 1.165) is 16.8 Å². The maximum Gasteiger partial charge on any atom is 0.257 e. The van der Waals surface area contributed by atoms with E-state index < -0.39 is 0 Å². The van der Waals surface area contributed by atoms with E-state index in [2.05, 4.69) is 10.6 Å². The van der Waals surface area contributed by atoms with Gasteiger partial charge in [0.05, 0.1) is 7.11 Å². The van der Waals surface area contributed by atoms with E-state index in [1.54, 1.807) is 31.4 Å². The Balaban J connectivity index is 2.05. The van der Waals surface area contributed by atoms with Gasteiger partial charge in [0.15, 0.2) is 5.11 Å². The van der Waals surface area contributed by atoms with Crippen LogP contribution in [0, 0.1) is 13.8 Å². The van der Waals surface area contributed by atoms with E-state index >= 15 is 0 Å². The number of carbonyl (C=O) groups excluding carboxylic acids is 1. The maximum atomic E-state index is 12.2. The number of methoxy groups -OCH3 is 1. The van der Waals surface area contributed by atoms with Crippen molar-refractivity contribution in [2.75, 3.05) is 12.4 Å². The van der Waals surface area contributed by atoms with Gasteiger partial charge in [-0.05, 0) is 61.5 Å². The fraction of sp³-hybridized carbons (Fsp3) is 0.176. The van der Waals surface area contributed by atoms with Crippen molar-refractivity contribution in [2.24, 2.45) is 0 Å². The number of amides is 1. The zero-order valence-corrected chi connectivity index (χ0v) is 13.6. The SMILES string of the molecule is COc1cccc(C(=O)NC(=S)Nc2cc(C)ccc2C)c1. The van der Waals surface area contributed by atoms with E-state index in [-0.39, 0.29) is 11.0 Å². The first-order valence-electron chi connectivity index (χ1n) is 6.83. The number of hydrogen-bond donors (Lipinski definition) is 2. The molecule has 2 aromatic carbocycles. The monoisotopic (exact) mass is 314 g/mol. The molecule has 0 saturated carbocycles. The van der Waals surface area contributed by atoms with Crippen LogP contribution in [-0.4, -0.2) is 18.1 Å². The minimum Gasteiger partial charge on any atom is -0.497 e. The number of carbonyl (C=O) groups is 1. The zero-order chi connectivity index (χ0) is 16.1. The lowest BCUT2D eigenvalue weighted by Gasteiger charge is -2.12. The van der Waals surface area contributed by atoms with Gasteiger partial charge in [-0.15, -0.1) is 0 Å². The number of aryl methyl sites for hydroxylation is 2. The summed E-state index contributed by atoms with van der Waals surface area (Å²) in [6, 6.07) is 12.9. The second kappa shape index (κ2) is 7.04. The second-order valence-electron chi connectivity index (χ2n) is 4.96. The average Bonchev–Trinajstić information content (AvgIpc) is 2.51. The Bertz CT molecular complexity index is 714. The first kappa shape index (κ1) is 16.0. The van der Waals surface area contributed by atoms with E-state index in [0.29, 0.717) is 11.3 Å². The van der Waals surface area contributed by atoms with Crippen LogP contribution < -0.4 is 15.4 Å². The Hall–Kier alpha value is -2.40. The zero-order valence-electron chi connectivity index (χ0n) is 12.8. The van der Waals surface area contributed by atoms with Gasteiger partial charge in [-0.2, -0.15) is 0 Å². The molecule has 114 valence electrons. The Morgan fingerprint density at radius 1 is 1.14 bits per heavy atom. The fourth-order valence-electron chi connectivity index (χ4n) is 1.96. The van der Waals surface area contributed by atoms with Crippen LogP contribution in [0.5, 0.6) is 5.75 Å². The van der Waals surface area contributed by atoms with Gasteiger partial charge in [0.1, 0.15) is 5.75 Å². The molecule has 5 heteroatoms. The molecule has 0 aliphatic heterocycles. The molecule has 0 atom stereocenters. The highest BCUT2D eigenvalue weighted by molar-refractivity contribution is 7.80. The van der Waals surface area contributed by atoms with Crippen molar-refractivity contribution in [3.05, 3.63) is 59.2 Å². The van der Waals surface area contributed by atoms with Gasteiger partial charge in [-0.25, -0.2) is 0 Å². The number of nitrogens with one attached hydrogen (secondary N) is 2. The maximum absolute atomic E-state index is 12.2. The lowest BCUT2D eigenvalue weighted by atomic mass is 10.1. The number of rotatable bonds is 3. The molecule has 2 rings (SSSR count). The average molecular weight is 314 g/mol. The third-order valence-corrected chi connectivity index (χ3v) is 3.40. The van der Waals surface area contributed by atoms with Gasteiger partial charge in [0.25, 0.3) is 5.91 Å². The Morgan fingerprint density at radius 2 is 1.91 bits per heavy atom. The van der Waals surface area contributed by atoms with E-state index in [9.17, 15) is 4.79 Å². The summed E-state index contributed by atoms with van der Waals surface area (Å²) < 4.78 is 5.11. The molecular weight excluding hydrogens is 296 g/mol. The summed E-state index contributed by atoms with van der Waals surface area (Å²) >= 11 is 5.20. The van der Waals surface area contributed by atoms with Gasteiger partial charge >= 0.3 is 0 Å². The van der Waals surface area contributed by atoms with Crippen LogP contribution in [0.4, 0.5) is 5.69 Å². The van der Waals surface area contributed by atoms with Crippen molar-refractivity contribution in [3.63, 3.8) is 0 Å². The molecule has 1 amide bonds. The third kappa shape index (κ3) is 4.05. The van der Waals surface area contributed by atoms with Gasteiger partial charge in [-0.1, -0.05) is 18.2 Å². The molecule has 2 aromatic rings. The van der Waals surface area contributed by atoms with Crippen molar-refractivity contribution >= 4 is 28.9 Å². The highest BCUT2D eigenvalue weighted by atomic mass is 32.1. The van der Waals surface area contributed by atoms with Crippen LogP contribution in [-0.2, 0) is 0 Å². The van der Waals surface area contributed by atoms with Crippen LogP contribution in [0.25, 0.3) is 0 Å². The molecule has 0 bridgehead atoms. The Labute approximate surface area is 135 Å². The summed E-state index contributed by atoms with van der Waals surface area (Å²) in [5.74, 6) is 0.350. The smallest absolute Gasteiger partial charge is 0.257 e. The van der Waals surface area contributed by atoms with E-state index in [1.165, 1.54) is 0 Å². The quantitative estimate of drug-likeness (QED) is 0.852. The molecular formula is C17H18N2O2S. The van der Waals surface area contributed by atoms with Crippen LogP contribution >= 0.6 is 12.2 Å². The molecule has 0 aliphatic carbocycles. The van der Waals surface area contributed by atoms with Crippen molar-refractivity contribution in [1.82, 2.24) is 5.32 Å². The number of thiocarbonyl (C=S) groups is 1.